The minimum absolute atomic E-state index is 0.0562. The number of hydrogen-bond acceptors (Lipinski definition) is 6. The maximum Gasteiger partial charge on any atom is 0.313 e. The molecule has 2 fully saturated rings. The summed E-state index contributed by atoms with van der Waals surface area (Å²) in [6.07, 6.45) is 6.56. The summed E-state index contributed by atoms with van der Waals surface area (Å²) in [4.78, 5) is 12.9. The Morgan fingerprint density at radius 3 is 3.05 bits per heavy atom. The first-order valence-electron chi connectivity index (χ1n) is 6.69. The number of carboxylic acids is 1. The van der Waals surface area contributed by atoms with Crippen LogP contribution in [0.5, 0.6) is 0 Å². The molecule has 1 saturated carbocycles. The molecule has 1 aliphatic heterocycles. The Balaban J connectivity index is 1.67. The second kappa shape index (κ2) is 5.66. The first-order chi connectivity index (χ1) is 9.24. The van der Waals surface area contributed by atoms with E-state index in [-0.39, 0.29) is 5.75 Å². The average molecular weight is 299 g/mol. The molecule has 0 radical (unpaired) electrons. The number of nitrogens with zero attached hydrogens (tertiary/aromatic N) is 3. The maximum atomic E-state index is 10.5. The van der Waals surface area contributed by atoms with E-state index in [4.69, 9.17) is 5.11 Å². The van der Waals surface area contributed by atoms with E-state index in [1.54, 1.807) is 0 Å². The molecule has 2 unspecified atom stereocenters. The van der Waals surface area contributed by atoms with Gasteiger partial charge in [-0.1, -0.05) is 35.9 Å². The van der Waals surface area contributed by atoms with Gasteiger partial charge in [-0.15, -0.1) is 10.2 Å². The third-order valence-electron chi connectivity index (χ3n) is 3.97. The van der Waals surface area contributed by atoms with Gasteiger partial charge < -0.3 is 10.0 Å². The molecule has 7 heteroatoms. The molecule has 1 aliphatic carbocycles. The van der Waals surface area contributed by atoms with Crippen LogP contribution in [0.4, 0.5) is 5.13 Å². The number of hydrogen-bond donors (Lipinski definition) is 1. The van der Waals surface area contributed by atoms with Crippen LogP contribution in [0.3, 0.4) is 0 Å². The van der Waals surface area contributed by atoms with Crippen LogP contribution in [0.15, 0.2) is 4.34 Å². The zero-order valence-electron chi connectivity index (χ0n) is 10.6. The highest BCUT2D eigenvalue weighted by Gasteiger charge is 2.37. The fraction of sp³-hybridized carbons (Fsp3) is 0.750. The van der Waals surface area contributed by atoms with Crippen molar-refractivity contribution < 1.29 is 9.90 Å². The van der Waals surface area contributed by atoms with Crippen LogP contribution in [0, 0.1) is 5.92 Å². The van der Waals surface area contributed by atoms with Crippen molar-refractivity contribution in [3.8, 4) is 0 Å². The molecular weight excluding hydrogens is 282 g/mol. The Kier molecular flexibility index (Phi) is 3.93. The highest BCUT2D eigenvalue weighted by Crippen LogP contribution is 2.40. The van der Waals surface area contributed by atoms with Crippen molar-refractivity contribution in [2.24, 2.45) is 5.92 Å². The van der Waals surface area contributed by atoms with Crippen LogP contribution in [0.25, 0.3) is 0 Å². The minimum Gasteiger partial charge on any atom is -0.481 e. The van der Waals surface area contributed by atoms with Gasteiger partial charge in [0.05, 0.1) is 5.75 Å². The van der Waals surface area contributed by atoms with E-state index >= 15 is 0 Å². The van der Waals surface area contributed by atoms with Crippen molar-refractivity contribution >= 4 is 34.2 Å². The van der Waals surface area contributed by atoms with Crippen LogP contribution >= 0.6 is 23.1 Å². The minimum atomic E-state index is -0.810. The zero-order chi connectivity index (χ0) is 13.2. The van der Waals surface area contributed by atoms with Gasteiger partial charge in [-0.2, -0.15) is 0 Å². The molecule has 2 aliphatic rings. The number of anilines is 1. The van der Waals surface area contributed by atoms with Crippen LogP contribution < -0.4 is 4.90 Å². The molecule has 1 N–H and O–H groups in total. The fourth-order valence-corrected chi connectivity index (χ4v) is 4.79. The molecule has 5 nitrogen and oxygen atoms in total. The van der Waals surface area contributed by atoms with E-state index < -0.39 is 5.97 Å². The predicted molar refractivity (Wildman–Crippen MR) is 76.0 cm³/mol. The van der Waals surface area contributed by atoms with Crippen LogP contribution in [0.1, 0.15) is 32.1 Å². The number of aliphatic carboxylic acids is 1. The third kappa shape index (κ3) is 2.86. The Bertz CT molecular complexity index is 466. The lowest BCUT2D eigenvalue weighted by Crippen LogP contribution is -2.34. The second-order valence-electron chi connectivity index (χ2n) is 5.13. The van der Waals surface area contributed by atoms with Crippen molar-refractivity contribution in [3.63, 3.8) is 0 Å². The van der Waals surface area contributed by atoms with Crippen LogP contribution in [-0.2, 0) is 4.79 Å². The SMILES string of the molecule is O=C(O)CSc1nnc(N2CCC3CCCCC32)s1. The van der Waals surface area contributed by atoms with E-state index in [0.29, 0.717) is 6.04 Å². The third-order valence-corrected chi connectivity index (χ3v) is 6.05. The van der Waals surface area contributed by atoms with E-state index in [1.165, 1.54) is 55.2 Å². The number of rotatable bonds is 4. The Labute approximate surface area is 120 Å². The summed E-state index contributed by atoms with van der Waals surface area (Å²) in [7, 11) is 0. The van der Waals surface area contributed by atoms with E-state index in [1.807, 2.05) is 0 Å². The lowest BCUT2D eigenvalue weighted by atomic mass is 9.85. The second-order valence-corrected chi connectivity index (χ2v) is 7.31. The molecule has 0 spiro atoms. The lowest BCUT2D eigenvalue weighted by molar-refractivity contribution is -0.133. The van der Waals surface area contributed by atoms with Gasteiger partial charge in [-0.3, -0.25) is 4.79 Å². The Hall–Kier alpha value is -0.820. The van der Waals surface area contributed by atoms with Gasteiger partial charge in [0.25, 0.3) is 0 Å². The highest BCUT2D eigenvalue weighted by atomic mass is 32.2. The summed E-state index contributed by atoms with van der Waals surface area (Å²) >= 11 is 2.79. The summed E-state index contributed by atoms with van der Waals surface area (Å²) in [5.74, 6) is 0.0729. The summed E-state index contributed by atoms with van der Waals surface area (Å²) in [5, 5.41) is 18.0. The molecule has 0 aromatic carbocycles. The van der Waals surface area contributed by atoms with Gasteiger partial charge in [0.15, 0.2) is 4.34 Å². The molecule has 2 atom stereocenters. The van der Waals surface area contributed by atoms with Gasteiger partial charge in [-0.25, -0.2) is 0 Å². The van der Waals surface area contributed by atoms with Crippen molar-refractivity contribution in [3.05, 3.63) is 0 Å². The van der Waals surface area contributed by atoms with Crippen LogP contribution in [-0.4, -0.2) is 39.6 Å². The highest BCUT2D eigenvalue weighted by molar-refractivity contribution is 8.01. The molecule has 1 aromatic heterocycles. The monoisotopic (exact) mass is 299 g/mol. The number of carbonyl (C=O) groups is 1. The summed E-state index contributed by atoms with van der Waals surface area (Å²) < 4.78 is 0.761. The van der Waals surface area contributed by atoms with E-state index in [9.17, 15) is 4.79 Å². The summed E-state index contributed by atoms with van der Waals surface area (Å²) in [6.45, 7) is 1.08. The van der Waals surface area contributed by atoms with Crippen molar-refractivity contribution in [2.75, 3.05) is 17.2 Å². The molecular formula is C12H17N3O2S2. The molecule has 2 heterocycles. The molecule has 0 amide bonds. The topological polar surface area (TPSA) is 66.3 Å². The standard InChI is InChI=1S/C12H17N3O2S2/c16-10(17)7-18-12-14-13-11(19-12)15-6-5-8-3-1-2-4-9(8)15/h8-9H,1-7H2,(H,16,17). The van der Waals surface area contributed by atoms with Crippen molar-refractivity contribution in [1.29, 1.82) is 0 Å². The molecule has 0 bridgehead atoms. The van der Waals surface area contributed by atoms with Gasteiger partial charge >= 0.3 is 5.97 Å². The van der Waals surface area contributed by atoms with Crippen molar-refractivity contribution in [1.82, 2.24) is 10.2 Å². The number of thioether (sulfide) groups is 1. The Morgan fingerprint density at radius 1 is 1.37 bits per heavy atom. The van der Waals surface area contributed by atoms with Gasteiger partial charge in [-0.05, 0) is 25.2 Å². The van der Waals surface area contributed by atoms with E-state index in [0.717, 1.165) is 21.9 Å². The molecule has 104 valence electrons. The van der Waals surface area contributed by atoms with Crippen molar-refractivity contribution in [2.45, 2.75) is 42.5 Å². The normalized spacial score (nSPS) is 26.4. The molecule has 1 saturated heterocycles. The van der Waals surface area contributed by atoms with Gasteiger partial charge in [0, 0.05) is 12.6 Å². The fourth-order valence-electron chi connectivity index (χ4n) is 3.14. The van der Waals surface area contributed by atoms with Gasteiger partial charge in [0.1, 0.15) is 0 Å². The smallest absolute Gasteiger partial charge is 0.313 e. The summed E-state index contributed by atoms with van der Waals surface area (Å²) in [5.41, 5.74) is 0. The number of carboxylic acid groups (broad SMARTS) is 1. The number of aromatic nitrogens is 2. The summed E-state index contributed by atoms with van der Waals surface area (Å²) in [6, 6.07) is 0.638. The zero-order valence-corrected chi connectivity index (χ0v) is 12.3. The lowest BCUT2D eigenvalue weighted by Gasteiger charge is -2.31. The molecule has 19 heavy (non-hydrogen) atoms. The Morgan fingerprint density at radius 2 is 2.21 bits per heavy atom. The predicted octanol–water partition coefficient (Wildman–Crippen LogP) is 2.48. The maximum absolute atomic E-state index is 10.5. The number of fused-ring (bicyclic) bond motifs is 1. The van der Waals surface area contributed by atoms with E-state index in [2.05, 4.69) is 15.1 Å². The quantitative estimate of drug-likeness (QED) is 0.862. The average Bonchev–Trinajstić information content (AvgIpc) is 3.02. The molecule has 1 aromatic rings. The first kappa shape index (κ1) is 13.2. The largest absolute Gasteiger partial charge is 0.481 e. The van der Waals surface area contributed by atoms with Gasteiger partial charge in [0.2, 0.25) is 5.13 Å². The molecule has 3 rings (SSSR count). The van der Waals surface area contributed by atoms with Crippen LogP contribution in [0.2, 0.25) is 0 Å². The first-order valence-corrected chi connectivity index (χ1v) is 8.49.